The Balaban J connectivity index is 1.31. The molecule has 0 saturated carbocycles. The van der Waals surface area contributed by atoms with Crippen molar-refractivity contribution in [3.05, 3.63) is 102 Å². The predicted octanol–water partition coefficient (Wildman–Crippen LogP) is 6.70. The van der Waals surface area contributed by atoms with Crippen molar-refractivity contribution >= 4 is 39.5 Å². The third kappa shape index (κ3) is 4.14. The number of hydrogen-bond donors (Lipinski definition) is 2. The number of fused-ring (bicyclic) bond motifs is 2. The summed E-state index contributed by atoms with van der Waals surface area (Å²) in [7, 11) is 0. The van der Waals surface area contributed by atoms with Gasteiger partial charge in [-0.25, -0.2) is 9.59 Å². The van der Waals surface area contributed by atoms with Gasteiger partial charge >= 0.3 is 12.1 Å². The van der Waals surface area contributed by atoms with Crippen molar-refractivity contribution in [3.8, 4) is 11.1 Å². The van der Waals surface area contributed by atoms with Crippen LogP contribution in [-0.4, -0.2) is 17.2 Å². The topological polar surface area (TPSA) is 88.8 Å². The predicted molar refractivity (Wildman–Crippen MR) is 126 cm³/mol. The fourth-order valence-corrected chi connectivity index (χ4v) is 3.87. The van der Waals surface area contributed by atoms with E-state index in [1.54, 1.807) is 24.3 Å². The van der Waals surface area contributed by atoms with Crippen molar-refractivity contribution in [3.63, 3.8) is 0 Å². The van der Waals surface area contributed by atoms with Crippen LogP contribution >= 0.6 is 0 Å². The van der Waals surface area contributed by atoms with Crippen molar-refractivity contribution in [1.29, 1.82) is 0 Å². The molecule has 4 aromatic carbocycles. The number of carbonyl (C=O) groups excluding carboxylic acids is 1. The number of carboxylic acid groups (broad SMARTS) is 1. The Bertz CT molecular complexity index is 1490. The highest BCUT2D eigenvalue weighted by molar-refractivity contribution is 6.10. The fourth-order valence-electron chi connectivity index (χ4n) is 3.87. The lowest BCUT2D eigenvalue weighted by Gasteiger charge is -2.11. The molecule has 0 radical (unpaired) electrons. The molecule has 0 fully saturated rings. The molecule has 0 bridgehead atoms. The number of carbonyl (C=O) groups is 2. The molecule has 0 aliphatic heterocycles. The van der Waals surface area contributed by atoms with Crippen LogP contribution in [0.25, 0.3) is 32.9 Å². The summed E-state index contributed by atoms with van der Waals surface area (Å²) < 4.78 is 11.1. The maximum absolute atomic E-state index is 12.4. The fraction of sp³-hybridized carbons (Fsp3) is 0.0370. The lowest BCUT2D eigenvalue weighted by Crippen LogP contribution is -2.16. The molecule has 5 aromatic rings. The third-order valence-electron chi connectivity index (χ3n) is 5.40. The van der Waals surface area contributed by atoms with Crippen LogP contribution in [0.15, 0.2) is 95.4 Å². The molecule has 5 rings (SSSR count). The minimum Gasteiger partial charge on any atom is -0.478 e. The van der Waals surface area contributed by atoms with Crippen LogP contribution in [0.1, 0.15) is 16.1 Å². The third-order valence-corrected chi connectivity index (χ3v) is 5.40. The number of rotatable bonds is 5. The number of nitrogens with one attached hydrogen (secondary N) is 1. The first-order valence-electron chi connectivity index (χ1n) is 10.4. The minimum absolute atomic E-state index is 0.0160. The Morgan fingerprint density at radius 3 is 2.42 bits per heavy atom. The Hall–Kier alpha value is -4.58. The molecule has 0 unspecified atom stereocenters. The van der Waals surface area contributed by atoms with E-state index in [-0.39, 0.29) is 17.9 Å². The van der Waals surface area contributed by atoms with E-state index in [4.69, 9.17) is 9.15 Å². The van der Waals surface area contributed by atoms with E-state index in [2.05, 4.69) is 5.32 Å². The first kappa shape index (κ1) is 20.3. The number of furan rings is 1. The maximum atomic E-state index is 12.4. The van der Waals surface area contributed by atoms with Gasteiger partial charge in [0.2, 0.25) is 0 Å². The number of amides is 1. The average Bonchev–Trinajstić information content (AvgIpc) is 3.25. The van der Waals surface area contributed by atoms with Gasteiger partial charge in [-0.3, -0.25) is 5.32 Å². The molecule has 0 aliphatic carbocycles. The molecule has 1 heterocycles. The highest BCUT2D eigenvalue weighted by Crippen LogP contribution is 2.28. The summed E-state index contributed by atoms with van der Waals surface area (Å²) in [6, 6.07) is 28.1. The molecular formula is C27H19NO5. The maximum Gasteiger partial charge on any atom is 0.412 e. The van der Waals surface area contributed by atoms with Gasteiger partial charge in [0.1, 0.15) is 11.3 Å². The summed E-state index contributed by atoms with van der Waals surface area (Å²) in [4.78, 5) is 24.2. The molecule has 0 aliphatic rings. The van der Waals surface area contributed by atoms with Crippen LogP contribution in [0.2, 0.25) is 0 Å². The molecule has 0 saturated heterocycles. The average molecular weight is 437 g/mol. The molecule has 6 heteroatoms. The van der Waals surface area contributed by atoms with Gasteiger partial charge in [0.15, 0.2) is 6.61 Å². The summed E-state index contributed by atoms with van der Waals surface area (Å²) in [5.41, 5.74) is 3.04. The molecule has 33 heavy (non-hydrogen) atoms. The van der Waals surface area contributed by atoms with Crippen LogP contribution in [0, 0.1) is 0 Å². The second kappa shape index (κ2) is 8.51. The zero-order valence-electron chi connectivity index (χ0n) is 17.4. The summed E-state index contributed by atoms with van der Waals surface area (Å²) in [6.45, 7) is -0.0861. The Morgan fingerprint density at radius 2 is 1.61 bits per heavy atom. The van der Waals surface area contributed by atoms with Crippen molar-refractivity contribution in [2.24, 2.45) is 0 Å². The number of hydrogen-bond acceptors (Lipinski definition) is 4. The molecule has 2 N–H and O–H groups in total. The van der Waals surface area contributed by atoms with Gasteiger partial charge in [-0.05, 0) is 46.2 Å². The van der Waals surface area contributed by atoms with E-state index < -0.39 is 12.1 Å². The molecule has 6 nitrogen and oxygen atoms in total. The second-order valence-electron chi connectivity index (χ2n) is 7.55. The van der Waals surface area contributed by atoms with E-state index >= 15 is 0 Å². The minimum atomic E-state index is -1.13. The van der Waals surface area contributed by atoms with Gasteiger partial charge < -0.3 is 14.3 Å². The van der Waals surface area contributed by atoms with Crippen molar-refractivity contribution in [2.75, 3.05) is 5.32 Å². The van der Waals surface area contributed by atoms with Crippen molar-refractivity contribution < 1.29 is 23.8 Å². The number of aromatic carboxylic acids is 1. The van der Waals surface area contributed by atoms with Crippen LogP contribution in [0.5, 0.6) is 0 Å². The second-order valence-corrected chi connectivity index (χ2v) is 7.55. The highest BCUT2D eigenvalue weighted by Gasteiger charge is 2.17. The van der Waals surface area contributed by atoms with E-state index in [1.165, 1.54) is 0 Å². The molecular weight excluding hydrogens is 418 g/mol. The lowest BCUT2D eigenvalue weighted by molar-refractivity contribution is 0.0700. The Morgan fingerprint density at radius 1 is 0.818 bits per heavy atom. The number of benzene rings is 4. The van der Waals surface area contributed by atoms with Crippen LogP contribution in [0.3, 0.4) is 0 Å². The normalized spacial score (nSPS) is 10.9. The first-order chi connectivity index (χ1) is 16.1. The first-order valence-corrected chi connectivity index (χ1v) is 10.4. The van der Waals surface area contributed by atoms with Crippen molar-refractivity contribution in [1.82, 2.24) is 0 Å². The summed E-state index contributed by atoms with van der Waals surface area (Å²) in [6.07, 6.45) is -0.766. The van der Waals surface area contributed by atoms with E-state index in [0.717, 1.165) is 21.9 Å². The van der Waals surface area contributed by atoms with Gasteiger partial charge in [-0.2, -0.15) is 0 Å². The van der Waals surface area contributed by atoms with Gasteiger partial charge in [0, 0.05) is 5.39 Å². The molecule has 162 valence electrons. The standard InChI is InChI=1S/C27H19NO5/c29-26(30)25-22-9-5-4-8-18(22)10-12-23(25)28-27(31)32-16-21-15-20-14-19(11-13-24(20)33-21)17-6-2-1-3-7-17/h1-15H,16H2,(H,28,31)(H,29,30). The number of carboxylic acids is 1. The zero-order chi connectivity index (χ0) is 22.8. The van der Waals surface area contributed by atoms with E-state index in [1.807, 2.05) is 66.7 Å². The van der Waals surface area contributed by atoms with Gasteiger partial charge in [0.05, 0.1) is 11.3 Å². The van der Waals surface area contributed by atoms with Crippen LogP contribution < -0.4 is 5.32 Å². The lowest BCUT2D eigenvalue weighted by atomic mass is 10.0. The highest BCUT2D eigenvalue weighted by atomic mass is 16.6. The molecule has 0 spiro atoms. The Labute approximate surface area is 189 Å². The monoisotopic (exact) mass is 437 g/mol. The number of ether oxygens (including phenoxy) is 1. The van der Waals surface area contributed by atoms with Gasteiger partial charge in [-0.1, -0.05) is 66.7 Å². The van der Waals surface area contributed by atoms with E-state index in [0.29, 0.717) is 16.7 Å². The van der Waals surface area contributed by atoms with Crippen molar-refractivity contribution in [2.45, 2.75) is 6.61 Å². The SMILES string of the molecule is O=C(Nc1ccc2ccccc2c1C(=O)O)OCc1cc2cc(-c3ccccc3)ccc2o1. The summed E-state index contributed by atoms with van der Waals surface area (Å²) >= 11 is 0. The van der Waals surface area contributed by atoms with Crippen LogP contribution in [-0.2, 0) is 11.3 Å². The summed E-state index contributed by atoms with van der Waals surface area (Å²) in [5, 5.41) is 14.4. The molecule has 0 atom stereocenters. The van der Waals surface area contributed by atoms with Crippen LogP contribution in [0.4, 0.5) is 10.5 Å². The zero-order valence-corrected chi connectivity index (χ0v) is 17.4. The van der Waals surface area contributed by atoms with E-state index in [9.17, 15) is 14.7 Å². The Kier molecular flexibility index (Phi) is 5.24. The largest absolute Gasteiger partial charge is 0.478 e. The smallest absolute Gasteiger partial charge is 0.412 e. The summed E-state index contributed by atoms with van der Waals surface area (Å²) in [5.74, 6) is -0.643. The van der Waals surface area contributed by atoms with Gasteiger partial charge in [0.25, 0.3) is 0 Å². The number of anilines is 1. The quantitative estimate of drug-likeness (QED) is 0.319. The molecule has 1 aromatic heterocycles. The van der Waals surface area contributed by atoms with Gasteiger partial charge in [-0.15, -0.1) is 0 Å². The molecule has 1 amide bonds.